The number of amides is 2. The Morgan fingerprint density at radius 2 is 2.13 bits per heavy atom. The Morgan fingerprint density at radius 1 is 1.47 bits per heavy atom. The van der Waals surface area contributed by atoms with Crippen molar-refractivity contribution in [1.29, 1.82) is 0 Å². The first-order valence-electron chi connectivity index (χ1n) is 4.65. The van der Waals surface area contributed by atoms with Gasteiger partial charge in [0.2, 0.25) is 0 Å². The molecule has 2 aliphatic heterocycles. The Labute approximate surface area is 87.5 Å². The monoisotopic (exact) mass is 236 g/mol. The van der Waals surface area contributed by atoms with E-state index >= 15 is 0 Å². The molecule has 8 heteroatoms. The summed E-state index contributed by atoms with van der Waals surface area (Å²) in [5.41, 5.74) is 0. The fraction of sp³-hybridized carbons (Fsp3) is 0.857. The van der Waals surface area contributed by atoms with Gasteiger partial charge in [0.1, 0.15) is 0 Å². The second-order valence-corrected chi connectivity index (χ2v) is 4.85. The molecule has 2 amide bonds. The minimum atomic E-state index is -4.62. The Kier molecular flexibility index (Phi) is 2.36. The van der Waals surface area contributed by atoms with Gasteiger partial charge in [-0.05, 0) is 19.8 Å². The number of fused-ring (bicyclic) bond motifs is 2. The van der Waals surface area contributed by atoms with Crippen LogP contribution in [-0.4, -0.2) is 47.6 Å². The van der Waals surface area contributed by atoms with E-state index in [0.717, 1.165) is 11.5 Å². The molecule has 2 aliphatic rings. The van der Waals surface area contributed by atoms with Crippen LogP contribution in [0.2, 0.25) is 0 Å². The maximum Gasteiger partial charge on any atom is 0.418 e. The van der Waals surface area contributed by atoms with Crippen molar-refractivity contribution >= 4 is 16.4 Å². The molecule has 7 nitrogen and oxygen atoms in total. The van der Waals surface area contributed by atoms with Crippen LogP contribution >= 0.6 is 0 Å². The van der Waals surface area contributed by atoms with Gasteiger partial charge in [-0.25, -0.2) is 4.79 Å². The normalized spacial score (nSPS) is 31.2. The van der Waals surface area contributed by atoms with Crippen LogP contribution < -0.4 is 0 Å². The number of hydrogen-bond acceptors (Lipinski definition) is 4. The van der Waals surface area contributed by atoms with E-state index in [1.54, 1.807) is 4.90 Å². The van der Waals surface area contributed by atoms with Crippen molar-refractivity contribution in [2.45, 2.75) is 31.8 Å². The van der Waals surface area contributed by atoms with Crippen LogP contribution in [0.4, 0.5) is 4.79 Å². The molecule has 2 saturated heterocycles. The summed E-state index contributed by atoms with van der Waals surface area (Å²) in [4.78, 5) is 13.2. The SMILES string of the molecule is C[C@@H]1CC[C@@H]2CN1C(=O)N2OS(=O)(=O)O. The molecule has 2 atom stereocenters. The Hall–Kier alpha value is -0.860. The van der Waals surface area contributed by atoms with Gasteiger partial charge in [0, 0.05) is 12.6 Å². The van der Waals surface area contributed by atoms with Crippen molar-refractivity contribution in [1.82, 2.24) is 9.96 Å². The zero-order chi connectivity index (χ0) is 11.2. The van der Waals surface area contributed by atoms with Crippen molar-refractivity contribution in [3.8, 4) is 0 Å². The fourth-order valence-electron chi connectivity index (χ4n) is 2.02. The van der Waals surface area contributed by atoms with E-state index in [0.29, 0.717) is 13.0 Å². The van der Waals surface area contributed by atoms with Gasteiger partial charge in [-0.15, -0.1) is 4.28 Å². The summed E-state index contributed by atoms with van der Waals surface area (Å²) in [7, 11) is -4.62. The molecule has 0 aromatic rings. The van der Waals surface area contributed by atoms with Crippen LogP contribution in [0.5, 0.6) is 0 Å². The maximum absolute atomic E-state index is 11.6. The molecule has 15 heavy (non-hydrogen) atoms. The number of carbonyl (C=O) groups excluding carboxylic acids is 1. The quantitative estimate of drug-likeness (QED) is 0.682. The number of urea groups is 1. The van der Waals surface area contributed by atoms with Gasteiger partial charge < -0.3 is 4.90 Å². The average Bonchev–Trinajstić information content (AvgIpc) is 2.35. The van der Waals surface area contributed by atoms with Crippen LogP contribution in [0, 0.1) is 0 Å². The molecule has 2 heterocycles. The highest BCUT2D eigenvalue weighted by Gasteiger charge is 2.45. The zero-order valence-corrected chi connectivity index (χ0v) is 8.98. The predicted octanol–water partition coefficient (Wildman–Crippen LogP) is 0.00930. The van der Waals surface area contributed by atoms with E-state index in [2.05, 4.69) is 4.28 Å². The Bertz CT molecular complexity index is 381. The summed E-state index contributed by atoms with van der Waals surface area (Å²) >= 11 is 0. The van der Waals surface area contributed by atoms with Crippen LogP contribution in [0.15, 0.2) is 0 Å². The summed E-state index contributed by atoms with van der Waals surface area (Å²) in [5.74, 6) is 0. The average molecular weight is 236 g/mol. The Balaban J connectivity index is 2.18. The van der Waals surface area contributed by atoms with E-state index in [1.165, 1.54) is 0 Å². The predicted molar refractivity (Wildman–Crippen MR) is 49.1 cm³/mol. The molecule has 1 N–H and O–H groups in total. The van der Waals surface area contributed by atoms with Crippen molar-refractivity contribution in [2.75, 3.05) is 6.54 Å². The zero-order valence-electron chi connectivity index (χ0n) is 8.16. The molecule has 0 saturated carbocycles. The van der Waals surface area contributed by atoms with Gasteiger partial charge >= 0.3 is 16.4 Å². The molecule has 86 valence electrons. The number of piperidine rings is 1. The van der Waals surface area contributed by atoms with Gasteiger partial charge in [0.25, 0.3) is 0 Å². The van der Waals surface area contributed by atoms with Crippen molar-refractivity contribution < 1.29 is 22.0 Å². The first-order valence-corrected chi connectivity index (χ1v) is 6.02. The smallest absolute Gasteiger partial charge is 0.318 e. The van der Waals surface area contributed by atoms with Crippen LogP contribution in [-0.2, 0) is 14.7 Å². The summed E-state index contributed by atoms with van der Waals surface area (Å²) in [6.45, 7) is 2.35. The summed E-state index contributed by atoms with van der Waals surface area (Å²) in [6.07, 6.45) is 1.49. The molecule has 2 bridgehead atoms. The van der Waals surface area contributed by atoms with Crippen molar-refractivity contribution in [3.05, 3.63) is 0 Å². The second-order valence-electron chi connectivity index (χ2n) is 3.84. The van der Waals surface area contributed by atoms with Gasteiger partial charge in [-0.2, -0.15) is 13.5 Å². The lowest BCUT2D eigenvalue weighted by Gasteiger charge is -2.26. The van der Waals surface area contributed by atoms with E-state index < -0.39 is 16.4 Å². The number of hydroxylamine groups is 2. The van der Waals surface area contributed by atoms with E-state index in [1.807, 2.05) is 6.92 Å². The third-order valence-corrected chi connectivity index (χ3v) is 3.15. The van der Waals surface area contributed by atoms with E-state index in [4.69, 9.17) is 4.55 Å². The summed E-state index contributed by atoms with van der Waals surface area (Å²) in [6, 6.07) is -0.693. The van der Waals surface area contributed by atoms with E-state index in [-0.39, 0.29) is 12.1 Å². The molecule has 2 fully saturated rings. The topological polar surface area (TPSA) is 87.2 Å². The van der Waals surface area contributed by atoms with Gasteiger partial charge in [-0.3, -0.25) is 4.55 Å². The molecule has 0 radical (unpaired) electrons. The third-order valence-electron chi connectivity index (χ3n) is 2.80. The van der Waals surface area contributed by atoms with Crippen LogP contribution in [0.3, 0.4) is 0 Å². The van der Waals surface area contributed by atoms with Crippen molar-refractivity contribution in [2.24, 2.45) is 0 Å². The number of rotatable bonds is 2. The molecular formula is C7H12N2O5S. The third kappa shape index (κ3) is 1.92. The lowest BCUT2D eigenvalue weighted by atomic mass is 10.0. The Morgan fingerprint density at radius 3 is 2.67 bits per heavy atom. The minimum absolute atomic E-state index is 0.0868. The van der Waals surface area contributed by atoms with E-state index in [9.17, 15) is 13.2 Å². The molecular weight excluding hydrogens is 224 g/mol. The molecule has 0 spiro atoms. The van der Waals surface area contributed by atoms with Crippen LogP contribution in [0.25, 0.3) is 0 Å². The number of nitrogens with zero attached hydrogens (tertiary/aromatic N) is 2. The molecule has 0 aromatic carbocycles. The van der Waals surface area contributed by atoms with Gasteiger partial charge in [0.05, 0.1) is 6.04 Å². The fourth-order valence-corrected chi connectivity index (χ4v) is 2.41. The molecule has 0 unspecified atom stereocenters. The molecule has 0 aliphatic carbocycles. The largest absolute Gasteiger partial charge is 0.418 e. The van der Waals surface area contributed by atoms with Gasteiger partial charge in [-0.1, -0.05) is 0 Å². The summed E-state index contributed by atoms with van der Waals surface area (Å²) in [5, 5.41) is 0.749. The molecule has 2 rings (SSSR count). The number of carbonyl (C=O) groups is 1. The lowest BCUT2D eigenvalue weighted by molar-refractivity contribution is -0.0317. The maximum atomic E-state index is 11.6. The number of hydrogen-bond donors (Lipinski definition) is 1. The standard InChI is InChI=1S/C7H12N2O5S/c1-5-2-3-6-4-8(5)7(10)9(6)14-15(11,12)13/h5-6H,2-4H2,1H3,(H,11,12,13)/t5-,6-/m1/s1. The highest BCUT2D eigenvalue weighted by atomic mass is 32.3. The van der Waals surface area contributed by atoms with Crippen LogP contribution in [0.1, 0.15) is 19.8 Å². The van der Waals surface area contributed by atoms with Crippen molar-refractivity contribution in [3.63, 3.8) is 0 Å². The first-order chi connectivity index (χ1) is 6.88. The van der Waals surface area contributed by atoms with Gasteiger partial charge in [0.15, 0.2) is 0 Å². The minimum Gasteiger partial charge on any atom is -0.318 e. The highest BCUT2D eigenvalue weighted by Crippen LogP contribution is 2.30. The summed E-state index contributed by atoms with van der Waals surface area (Å²) < 4.78 is 33.8. The second kappa shape index (κ2) is 3.32. The first kappa shape index (κ1) is 10.7. The molecule has 0 aromatic heterocycles. The lowest BCUT2D eigenvalue weighted by Crippen LogP contribution is -2.37. The highest BCUT2D eigenvalue weighted by molar-refractivity contribution is 7.80.